The first-order valence-corrected chi connectivity index (χ1v) is 4.81. The molecule has 0 radical (unpaired) electrons. The van der Waals surface area contributed by atoms with Gasteiger partial charge in [0.2, 0.25) is 0 Å². The Morgan fingerprint density at radius 2 is 2.07 bits per heavy atom. The maximum Gasteiger partial charge on any atom is 0.279 e. The molecule has 0 unspecified atom stereocenters. The summed E-state index contributed by atoms with van der Waals surface area (Å²) in [5.74, 6) is 0. The molecular formula is C7H3ClF2INO2. The number of hydrogen-bond donors (Lipinski definition) is 0. The molecule has 0 bridgehead atoms. The van der Waals surface area contributed by atoms with Gasteiger partial charge in [-0.15, -0.1) is 0 Å². The monoisotopic (exact) mass is 333 g/mol. The van der Waals surface area contributed by atoms with E-state index in [0.29, 0.717) is 0 Å². The number of nitrogens with zero attached hydrogens (tertiary/aromatic N) is 1. The number of alkyl halides is 2. The number of nitro benzene ring substituents is 1. The second kappa shape index (κ2) is 4.35. The molecule has 14 heavy (non-hydrogen) atoms. The Morgan fingerprint density at radius 3 is 2.50 bits per heavy atom. The normalized spacial score (nSPS) is 10.6. The first-order chi connectivity index (χ1) is 6.45. The van der Waals surface area contributed by atoms with Crippen LogP contribution in [0.25, 0.3) is 0 Å². The van der Waals surface area contributed by atoms with Crippen molar-refractivity contribution < 1.29 is 13.7 Å². The minimum absolute atomic E-state index is 0.0217. The third-order valence-corrected chi connectivity index (χ3v) is 3.32. The predicted molar refractivity (Wildman–Crippen MR) is 55.8 cm³/mol. The fourth-order valence-corrected chi connectivity index (χ4v) is 1.78. The highest BCUT2D eigenvalue weighted by atomic mass is 127. The third-order valence-electron chi connectivity index (χ3n) is 1.52. The molecule has 0 aromatic heterocycles. The lowest BCUT2D eigenvalue weighted by Gasteiger charge is -2.05. The van der Waals surface area contributed by atoms with E-state index in [1.54, 1.807) is 22.6 Å². The summed E-state index contributed by atoms with van der Waals surface area (Å²) in [6.07, 6.45) is -2.90. The van der Waals surface area contributed by atoms with Crippen molar-refractivity contribution in [1.82, 2.24) is 0 Å². The first kappa shape index (κ1) is 11.6. The number of hydrogen-bond acceptors (Lipinski definition) is 2. The van der Waals surface area contributed by atoms with Crippen molar-refractivity contribution in [3.63, 3.8) is 0 Å². The maximum absolute atomic E-state index is 12.5. The molecular weight excluding hydrogens is 330 g/mol. The van der Waals surface area contributed by atoms with Gasteiger partial charge in [-0.1, -0.05) is 11.6 Å². The van der Waals surface area contributed by atoms with Gasteiger partial charge in [0.25, 0.3) is 12.1 Å². The van der Waals surface area contributed by atoms with Crippen molar-refractivity contribution in [3.05, 3.63) is 36.4 Å². The largest absolute Gasteiger partial charge is 0.279 e. The average molecular weight is 333 g/mol. The van der Waals surface area contributed by atoms with Crippen LogP contribution in [0.4, 0.5) is 14.5 Å². The van der Waals surface area contributed by atoms with E-state index in [2.05, 4.69) is 0 Å². The van der Waals surface area contributed by atoms with Gasteiger partial charge in [-0.2, -0.15) is 0 Å². The summed E-state index contributed by atoms with van der Waals surface area (Å²) in [4.78, 5) is 9.57. The Morgan fingerprint density at radius 1 is 1.50 bits per heavy atom. The fraction of sp³-hybridized carbons (Fsp3) is 0.143. The summed E-state index contributed by atoms with van der Waals surface area (Å²) in [6, 6.07) is 2.21. The van der Waals surface area contributed by atoms with Gasteiger partial charge < -0.3 is 0 Å². The number of rotatable bonds is 2. The van der Waals surface area contributed by atoms with Gasteiger partial charge in [0, 0.05) is 9.64 Å². The molecule has 0 fully saturated rings. The van der Waals surface area contributed by atoms with Crippen molar-refractivity contribution >= 4 is 39.9 Å². The minimum atomic E-state index is -2.90. The zero-order chi connectivity index (χ0) is 10.9. The van der Waals surface area contributed by atoms with E-state index in [-0.39, 0.29) is 8.59 Å². The molecule has 0 atom stereocenters. The maximum atomic E-state index is 12.5. The summed E-state index contributed by atoms with van der Waals surface area (Å²) < 4.78 is 24.9. The van der Waals surface area contributed by atoms with Crippen LogP contribution in [0.15, 0.2) is 12.1 Å². The van der Waals surface area contributed by atoms with Gasteiger partial charge in [-0.3, -0.25) is 10.1 Å². The van der Waals surface area contributed by atoms with E-state index < -0.39 is 22.6 Å². The second-order valence-corrected chi connectivity index (χ2v) is 3.84. The molecule has 0 amide bonds. The zero-order valence-electron chi connectivity index (χ0n) is 6.51. The number of nitro groups is 1. The minimum Gasteiger partial charge on any atom is -0.258 e. The van der Waals surface area contributed by atoms with Crippen LogP contribution in [0.1, 0.15) is 12.0 Å². The Labute approximate surface area is 96.3 Å². The molecule has 0 aliphatic carbocycles. The third kappa shape index (κ3) is 2.11. The predicted octanol–water partition coefficient (Wildman–Crippen LogP) is 3.79. The van der Waals surface area contributed by atoms with Gasteiger partial charge in [0.15, 0.2) is 0 Å². The van der Waals surface area contributed by atoms with E-state index in [1.165, 1.54) is 6.07 Å². The number of benzene rings is 1. The van der Waals surface area contributed by atoms with Crippen LogP contribution in [-0.4, -0.2) is 4.92 Å². The van der Waals surface area contributed by atoms with Crippen molar-refractivity contribution in [3.8, 4) is 0 Å². The molecule has 0 saturated carbocycles. The second-order valence-electron chi connectivity index (χ2n) is 2.35. The van der Waals surface area contributed by atoms with Gasteiger partial charge in [-0.25, -0.2) is 8.78 Å². The molecule has 0 heterocycles. The lowest BCUT2D eigenvalue weighted by Crippen LogP contribution is -1.99. The topological polar surface area (TPSA) is 43.1 Å². The van der Waals surface area contributed by atoms with E-state index in [9.17, 15) is 18.9 Å². The van der Waals surface area contributed by atoms with Crippen molar-refractivity contribution in [2.45, 2.75) is 6.43 Å². The Bertz CT molecular complexity index is 386. The van der Waals surface area contributed by atoms with E-state index in [0.717, 1.165) is 6.07 Å². The van der Waals surface area contributed by atoms with E-state index in [4.69, 9.17) is 11.6 Å². The molecule has 7 heteroatoms. The lowest BCUT2D eigenvalue weighted by molar-refractivity contribution is -0.386. The van der Waals surface area contributed by atoms with Gasteiger partial charge in [0.05, 0.1) is 9.95 Å². The Balaban J connectivity index is 3.45. The molecule has 0 aliphatic heterocycles. The SMILES string of the molecule is O=[N+]([O-])c1ccc(Cl)c(I)c1C(F)F. The van der Waals surface area contributed by atoms with Gasteiger partial charge in [0.1, 0.15) is 5.56 Å². The lowest BCUT2D eigenvalue weighted by atomic mass is 10.2. The summed E-state index contributed by atoms with van der Waals surface area (Å²) >= 11 is 7.13. The molecule has 1 rings (SSSR count). The highest BCUT2D eigenvalue weighted by Crippen LogP contribution is 2.36. The van der Waals surface area contributed by atoms with Crippen molar-refractivity contribution in [2.24, 2.45) is 0 Å². The van der Waals surface area contributed by atoms with Crippen LogP contribution in [0.5, 0.6) is 0 Å². The highest BCUT2D eigenvalue weighted by molar-refractivity contribution is 14.1. The van der Waals surface area contributed by atoms with Crippen LogP contribution in [0.3, 0.4) is 0 Å². The number of halogens is 4. The quantitative estimate of drug-likeness (QED) is 0.469. The first-order valence-electron chi connectivity index (χ1n) is 3.35. The molecule has 0 N–H and O–H groups in total. The van der Waals surface area contributed by atoms with Crippen molar-refractivity contribution in [1.29, 1.82) is 0 Å². The summed E-state index contributed by atoms with van der Waals surface area (Å²) in [5.41, 5.74) is -1.23. The summed E-state index contributed by atoms with van der Waals surface area (Å²) in [7, 11) is 0. The fourth-order valence-electron chi connectivity index (χ4n) is 0.923. The molecule has 0 aliphatic rings. The van der Waals surface area contributed by atoms with Crippen LogP contribution >= 0.6 is 34.2 Å². The smallest absolute Gasteiger partial charge is 0.258 e. The molecule has 0 saturated heterocycles. The molecule has 3 nitrogen and oxygen atoms in total. The van der Waals surface area contributed by atoms with Gasteiger partial charge in [-0.05, 0) is 28.7 Å². The highest BCUT2D eigenvalue weighted by Gasteiger charge is 2.25. The van der Waals surface area contributed by atoms with Crippen LogP contribution in [0, 0.1) is 13.7 Å². The molecule has 1 aromatic rings. The Hall–Kier alpha value is -0.500. The van der Waals surface area contributed by atoms with Gasteiger partial charge >= 0.3 is 0 Å². The zero-order valence-corrected chi connectivity index (χ0v) is 9.42. The Kier molecular flexibility index (Phi) is 3.59. The summed E-state index contributed by atoms with van der Waals surface area (Å²) in [5, 5.41) is 10.5. The summed E-state index contributed by atoms with van der Waals surface area (Å²) in [6.45, 7) is 0. The molecule has 76 valence electrons. The van der Waals surface area contributed by atoms with Crippen LogP contribution in [0.2, 0.25) is 5.02 Å². The van der Waals surface area contributed by atoms with Crippen molar-refractivity contribution in [2.75, 3.05) is 0 Å². The molecule has 0 spiro atoms. The van der Waals surface area contributed by atoms with Crippen LogP contribution < -0.4 is 0 Å². The van der Waals surface area contributed by atoms with E-state index in [1.807, 2.05) is 0 Å². The van der Waals surface area contributed by atoms with E-state index >= 15 is 0 Å². The standard InChI is InChI=1S/C7H3ClF2INO2/c8-3-1-2-4(12(13)14)5(6(3)11)7(9)10/h1-2,7H. The average Bonchev–Trinajstić information content (AvgIpc) is 2.08. The van der Waals surface area contributed by atoms with Crippen LogP contribution in [-0.2, 0) is 0 Å². The molecule has 1 aromatic carbocycles.